The van der Waals surface area contributed by atoms with Crippen molar-refractivity contribution in [3.05, 3.63) is 35.4 Å². The zero-order chi connectivity index (χ0) is 19.7. The van der Waals surface area contributed by atoms with Crippen LogP contribution in [0.25, 0.3) is 0 Å². The molecule has 2 heterocycles. The molecular weight excluding hydrogens is 364 g/mol. The first-order valence-corrected chi connectivity index (χ1v) is 9.58. The maximum absolute atomic E-state index is 13.0. The molecule has 1 aromatic carbocycles. The highest BCUT2D eigenvalue weighted by atomic mass is 16.7. The average molecular weight is 386 g/mol. The van der Waals surface area contributed by atoms with E-state index in [1.54, 1.807) is 17.0 Å². The first kappa shape index (κ1) is 18.6. The fourth-order valence-electron chi connectivity index (χ4n) is 4.15. The lowest BCUT2D eigenvalue weighted by atomic mass is 9.82. The second-order valence-electron chi connectivity index (χ2n) is 7.49. The van der Waals surface area contributed by atoms with E-state index in [0.29, 0.717) is 44.2 Å². The number of fused-ring (bicyclic) bond motifs is 1. The van der Waals surface area contributed by atoms with Gasteiger partial charge in [-0.25, -0.2) is 4.79 Å². The van der Waals surface area contributed by atoms with E-state index in [1.807, 2.05) is 0 Å². The molecule has 8 nitrogen and oxygen atoms in total. The molecule has 28 heavy (non-hydrogen) atoms. The smallest absolute Gasteiger partial charge is 0.339 e. The van der Waals surface area contributed by atoms with Gasteiger partial charge < -0.3 is 14.5 Å². The Bertz CT molecular complexity index is 789. The minimum Gasteiger partial charge on any atom is -0.378 e. The molecule has 3 aliphatic rings. The van der Waals surface area contributed by atoms with Gasteiger partial charge in [0.05, 0.1) is 29.8 Å². The summed E-state index contributed by atoms with van der Waals surface area (Å²) in [4.78, 5) is 57.7. The monoisotopic (exact) mass is 386 g/mol. The molecule has 0 unspecified atom stereocenters. The van der Waals surface area contributed by atoms with Gasteiger partial charge in [0.15, 0.2) is 0 Å². The van der Waals surface area contributed by atoms with Gasteiger partial charge in [-0.3, -0.25) is 14.4 Å². The number of imide groups is 1. The lowest BCUT2D eigenvalue weighted by Gasteiger charge is -2.32. The maximum atomic E-state index is 13.0. The fraction of sp³-hybridized carbons (Fsp3) is 0.500. The lowest BCUT2D eigenvalue weighted by Crippen LogP contribution is -2.45. The number of hydrogen-bond acceptors (Lipinski definition) is 6. The summed E-state index contributed by atoms with van der Waals surface area (Å²) in [7, 11) is 0. The number of morpholine rings is 1. The molecule has 3 amide bonds. The maximum Gasteiger partial charge on any atom is 0.339 e. The highest BCUT2D eigenvalue weighted by molar-refractivity contribution is 6.21. The zero-order valence-corrected chi connectivity index (χ0v) is 15.5. The molecule has 0 aromatic heterocycles. The lowest BCUT2D eigenvalue weighted by molar-refractivity contribution is -0.183. The van der Waals surface area contributed by atoms with E-state index >= 15 is 0 Å². The second-order valence-corrected chi connectivity index (χ2v) is 7.49. The molecule has 0 bridgehead atoms. The van der Waals surface area contributed by atoms with Gasteiger partial charge in [-0.15, -0.1) is 0 Å². The predicted octanol–water partition coefficient (Wildman–Crippen LogP) is 1.55. The third-order valence-corrected chi connectivity index (χ3v) is 5.78. The number of amides is 3. The van der Waals surface area contributed by atoms with Crippen LogP contribution in [0.1, 0.15) is 52.8 Å². The Kier molecular flexibility index (Phi) is 4.89. The quantitative estimate of drug-likeness (QED) is 0.729. The first-order chi connectivity index (χ1) is 13.5. The van der Waals surface area contributed by atoms with Crippen LogP contribution in [-0.4, -0.2) is 60.0 Å². The molecule has 0 spiro atoms. The molecule has 0 atom stereocenters. The molecule has 1 aliphatic carbocycles. The van der Waals surface area contributed by atoms with Crippen molar-refractivity contribution in [2.45, 2.75) is 32.1 Å². The summed E-state index contributed by atoms with van der Waals surface area (Å²) in [5, 5.41) is 0.534. The molecular formula is C20H22N2O6. The van der Waals surface area contributed by atoms with Crippen LogP contribution < -0.4 is 0 Å². The summed E-state index contributed by atoms with van der Waals surface area (Å²) in [6, 6.07) is 6.34. The zero-order valence-electron chi connectivity index (χ0n) is 15.5. The van der Waals surface area contributed by atoms with Crippen molar-refractivity contribution in [3.63, 3.8) is 0 Å². The first-order valence-electron chi connectivity index (χ1n) is 9.58. The molecule has 0 N–H and O–H groups in total. The van der Waals surface area contributed by atoms with Gasteiger partial charge in [0, 0.05) is 19.5 Å². The highest BCUT2D eigenvalue weighted by Gasteiger charge is 2.48. The van der Waals surface area contributed by atoms with Crippen LogP contribution in [0.2, 0.25) is 0 Å². The van der Waals surface area contributed by atoms with Crippen molar-refractivity contribution < 1.29 is 28.8 Å². The molecule has 0 radical (unpaired) electrons. The van der Waals surface area contributed by atoms with Crippen LogP contribution in [0.15, 0.2) is 24.3 Å². The average Bonchev–Trinajstić information content (AvgIpc) is 3.29. The van der Waals surface area contributed by atoms with Gasteiger partial charge in [-0.1, -0.05) is 30.0 Å². The van der Waals surface area contributed by atoms with Gasteiger partial charge >= 0.3 is 5.97 Å². The van der Waals surface area contributed by atoms with E-state index in [2.05, 4.69) is 0 Å². The number of rotatable bonds is 4. The normalized spacial score (nSPS) is 21.0. The molecule has 1 saturated carbocycles. The van der Waals surface area contributed by atoms with E-state index in [1.165, 1.54) is 12.1 Å². The number of ether oxygens (including phenoxy) is 1. The number of hydroxylamine groups is 2. The van der Waals surface area contributed by atoms with Crippen molar-refractivity contribution in [1.82, 2.24) is 9.96 Å². The summed E-state index contributed by atoms with van der Waals surface area (Å²) in [5.41, 5.74) is -0.569. The van der Waals surface area contributed by atoms with E-state index < -0.39 is 23.2 Å². The summed E-state index contributed by atoms with van der Waals surface area (Å²) in [6.45, 7) is 1.97. The van der Waals surface area contributed by atoms with Crippen LogP contribution in [-0.2, 0) is 19.2 Å². The van der Waals surface area contributed by atoms with Crippen LogP contribution in [0, 0.1) is 5.41 Å². The van der Waals surface area contributed by atoms with Crippen LogP contribution in [0.4, 0.5) is 0 Å². The standard InChI is InChI=1S/C20H22N2O6/c23-16(21-9-11-27-12-10-21)13-20(7-3-4-8-20)19(26)28-22-17(24)14-5-1-2-6-15(14)18(22)25/h1-2,5-6H,3-4,7-13H2. The molecule has 4 rings (SSSR count). The molecule has 2 fully saturated rings. The van der Waals surface area contributed by atoms with Crippen molar-refractivity contribution in [1.29, 1.82) is 0 Å². The van der Waals surface area contributed by atoms with Crippen LogP contribution >= 0.6 is 0 Å². The van der Waals surface area contributed by atoms with E-state index in [0.717, 1.165) is 12.8 Å². The summed E-state index contributed by atoms with van der Waals surface area (Å²) in [6.07, 6.45) is 2.63. The van der Waals surface area contributed by atoms with Gasteiger partial charge in [-0.05, 0) is 25.0 Å². The van der Waals surface area contributed by atoms with E-state index in [4.69, 9.17) is 9.57 Å². The van der Waals surface area contributed by atoms with Gasteiger partial charge in [-0.2, -0.15) is 0 Å². The SMILES string of the molecule is O=C(CC1(C(=O)ON2C(=O)c3ccccc3C2=O)CCCC1)N1CCOCC1. The largest absolute Gasteiger partial charge is 0.378 e. The van der Waals surface area contributed by atoms with E-state index in [9.17, 15) is 19.2 Å². The Balaban J connectivity index is 1.49. The minimum absolute atomic E-state index is 0.0228. The fourth-order valence-corrected chi connectivity index (χ4v) is 4.15. The molecule has 148 valence electrons. The molecule has 1 saturated heterocycles. The summed E-state index contributed by atoms with van der Waals surface area (Å²) < 4.78 is 5.27. The Labute approximate surface area is 162 Å². The second kappa shape index (κ2) is 7.35. The topological polar surface area (TPSA) is 93.2 Å². The highest BCUT2D eigenvalue weighted by Crippen LogP contribution is 2.43. The third kappa shape index (κ3) is 3.17. The number of benzene rings is 1. The number of carbonyl (C=O) groups excluding carboxylic acids is 4. The molecule has 2 aliphatic heterocycles. The number of hydrogen-bond donors (Lipinski definition) is 0. The minimum atomic E-state index is -0.995. The van der Waals surface area contributed by atoms with E-state index in [-0.39, 0.29) is 23.5 Å². The van der Waals surface area contributed by atoms with Crippen molar-refractivity contribution >= 4 is 23.7 Å². The predicted molar refractivity (Wildman–Crippen MR) is 96.0 cm³/mol. The number of nitrogens with zero attached hydrogens (tertiary/aromatic N) is 2. The summed E-state index contributed by atoms with van der Waals surface area (Å²) in [5.74, 6) is -2.10. The third-order valence-electron chi connectivity index (χ3n) is 5.78. The molecule has 8 heteroatoms. The van der Waals surface area contributed by atoms with Gasteiger partial charge in [0.1, 0.15) is 0 Å². The summed E-state index contributed by atoms with van der Waals surface area (Å²) >= 11 is 0. The Morgan fingerprint density at radius 3 is 2.14 bits per heavy atom. The van der Waals surface area contributed by atoms with Crippen molar-refractivity contribution in [2.24, 2.45) is 5.41 Å². The number of carbonyl (C=O) groups is 4. The Morgan fingerprint density at radius 2 is 1.57 bits per heavy atom. The Hall–Kier alpha value is -2.74. The Morgan fingerprint density at radius 1 is 1.00 bits per heavy atom. The van der Waals surface area contributed by atoms with Crippen LogP contribution in [0.5, 0.6) is 0 Å². The van der Waals surface area contributed by atoms with Crippen molar-refractivity contribution in [3.8, 4) is 0 Å². The molecule has 1 aromatic rings. The van der Waals surface area contributed by atoms with Crippen molar-refractivity contribution in [2.75, 3.05) is 26.3 Å². The van der Waals surface area contributed by atoms with Gasteiger partial charge in [0.25, 0.3) is 11.8 Å². The van der Waals surface area contributed by atoms with Crippen LogP contribution in [0.3, 0.4) is 0 Å². The van der Waals surface area contributed by atoms with Gasteiger partial charge in [0.2, 0.25) is 5.91 Å².